The molecule has 35 heavy (non-hydrogen) atoms. The smallest absolute Gasteiger partial charge is 0.300 e. The van der Waals surface area contributed by atoms with E-state index in [0.717, 1.165) is 6.42 Å². The van der Waals surface area contributed by atoms with Gasteiger partial charge in [-0.05, 0) is 61.0 Å². The van der Waals surface area contributed by atoms with E-state index in [1.165, 1.54) is 11.8 Å². The summed E-state index contributed by atoms with van der Waals surface area (Å²) in [6.45, 7) is 3.95. The van der Waals surface area contributed by atoms with E-state index in [4.69, 9.17) is 4.74 Å². The third-order valence-electron chi connectivity index (χ3n) is 5.46. The molecule has 8 heteroatoms. The van der Waals surface area contributed by atoms with Crippen LogP contribution >= 0.6 is 0 Å². The topological polar surface area (TPSA) is 109 Å². The Balaban J connectivity index is 1.82. The Kier molecular flexibility index (Phi) is 6.91. The van der Waals surface area contributed by atoms with Crippen molar-refractivity contribution < 1.29 is 24.2 Å². The van der Waals surface area contributed by atoms with Gasteiger partial charge < -0.3 is 15.2 Å². The number of anilines is 2. The highest BCUT2D eigenvalue weighted by Gasteiger charge is 2.47. The number of carbonyl (C=O) groups is 3. The standard InChI is InChI=1S/C27H25N3O5/c1-3-15-35-21-12-10-18(11-13-21)25(32)23-24(22-9-4-5-14-28-22)30(27(34)26(23)33)20-8-6-7-19(16-20)29-17(2)31/h4-14,16,24,32H,3,15H2,1-2H3,(H,29,31)/b25-23+. The largest absolute Gasteiger partial charge is 0.507 e. The van der Waals surface area contributed by atoms with Crippen LogP contribution in [0.2, 0.25) is 0 Å². The van der Waals surface area contributed by atoms with Crippen molar-refractivity contribution in [3.05, 3.63) is 89.8 Å². The number of pyridine rings is 1. The fourth-order valence-corrected chi connectivity index (χ4v) is 3.94. The highest BCUT2D eigenvalue weighted by Crippen LogP contribution is 2.42. The quantitative estimate of drug-likeness (QED) is 0.299. The van der Waals surface area contributed by atoms with Gasteiger partial charge in [0.05, 0.1) is 17.9 Å². The molecule has 0 aliphatic carbocycles. The third kappa shape index (κ3) is 4.91. The van der Waals surface area contributed by atoms with Crippen LogP contribution in [0.4, 0.5) is 11.4 Å². The summed E-state index contributed by atoms with van der Waals surface area (Å²) in [6, 6.07) is 17.5. The third-order valence-corrected chi connectivity index (χ3v) is 5.46. The van der Waals surface area contributed by atoms with Gasteiger partial charge in [-0.2, -0.15) is 0 Å². The normalized spacial score (nSPS) is 16.9. The maximum Gasteiger partial charge on any atom is 0.300 e. The minimum absolute atomic E-state index is 0.0687. The lowest BCUT2D eigenvalue weighted by Gasteiger charge is -2.25. The molecule has 1 saturated heterocycles. The maximum absolute atomic E-state index is 13.2. The number of ketones is 1. The molecule has 178 valence electrons. The van der Waals surface area contributed by atoms with Crippen molar-refractivity contribution in [2.24, 2.45) is 0 Å². The van der Waals surface area contributed by atoms with Crippen LogP contribution in [-0.2, 0) is 14.4 Å². The van der Waals surface area contributed by atoms with E-state index in [1.54, 1.807) is 72.9 Å². The molecule has 0 bridgehead atoms. The van der Waals surface area contributed by atoms with E-state index in [-0.39, 0.29) is 17.2 Å². The molecule has 1 fully saturated rings. The summed E-state index contributed by atoms with van der Waals surface area (Å²) < 4.78 is 5.59. The fourth-order valence-electron chi connectivity index (χ4n) is 3.94. The van der Waals surface area contributed by atoms with Gasteiger partial charge in [-0.25, -0.2) is 0 Å². The Morgan fingerprint density at radius 3 is 2.51 bits per heavy atom. The number of carbonyl (C=O) groups excluding carboxylic acids is 3. The van der Waals surface area contributed by atoms with Crippen LogP contribution in [0.1, 0.15) is 37.6 Å². The number of aliphatic hydroxyl groups excluding tert-OH is 1. The number of hydrogen-bond acceptors (Lipinski definition) is 6. The van der Waals surface area contributed by atoms with Crippen molar-refractivity contribution in [2.45, 2.75) is 26.3 Å². The summed E-state index contributed by atoms with van der Waals surface area (Å²) in [6.07, 6.45) is 2.42. The van der Waals surface area contributed by atoms with Crippen molar-refractivity contribution >= 4 is 34.7 Å². The molecule has 1 atom stereocenters. The summed E-state index contributed by atoms with van der Waals surface area (Å²) >= 11 is 0. The zero-order valence-corrected chi connectivity index (χ0v) is 19.4. The van der Waals surface area contributed by atoms with Crippen LogP contribution in [0.25, 0.3) is 5.76 Å². The number of amides is 2. The summed E-state index contributed by atoms with van der Waals surface area (Å²) in [5.41, 5.74) is 1.58. The molecule has 1 aliphatic rings. The number of nitrogens with zero attached hydrogens (tertiary/aromatic N) is 2. The first-order chi connectivity index (χ1) is 16.9. The molecule has 2 amide bonds. The number of ether oxygens (including phenoxy) is 1. The first-order valence-electron chi connectivity index (χ1n) is 11.2. The van der Waals surface area contributed by atoms with E-state index < -0.39 is 17.7 Å². The molecule has 2 N–H and O–H groups in total. The second-order valence-corrected chi connectivity index (χ2v) is 8.03. The van der Waals surface area contributed by atoms with E-state index in [0.29, 0.717) is 35.0 Å². The minimum atomic E-state index is -0.959. The van der Waals surface area contributed by atoms with Gasteiger partial charge in [-0.1, -0.05) is 19.1 Å². The first-order valence-corrected chi connectivity index (χ1v) is 11.2. The fraction of sp³-hybridized carbons (Fsp3) is 0.185. The number of nitrogens with one attached hydrogen (secondary N) is 1. The molecule has 3 aromatic rings. The lowest BCUT2D eigenvalue weighted by atomic mass is 9.98. The van der Waals surface area contributed by atoms with E-state index >= 15 is 0 Å². The number of hydrogen-bond donors (Lipinski definition) is 2. The lowest BCUT2D eigenvalue weighted by Crippen LogP contribution is -2.30. The van der Waals surface area contributed by atoms with Gasteiger partial charge in [0, 0.05) is 30.1 Å². The Morgan fingerprint density at radius 1 is 1.09 bits per heavy atom. The highest BCUT2D eigenvalue weighted by molar-refractivity contribution is 6.51. The van der Waals surface area contributed by atoms with E-state index in [9.17, 15) is 19.5 Å². The lowest BCUT2D eigenvalue weighted by molar-refractivity contribution is -0.132. The molecule has 1 aromatic heterocycles. The first kappa shape index (κ1) is 23.7. The van der Waals surface area contributed by atoms with Crippen LogP contribution in [-0.4, -0.2) is 34.3 Å². The molecular weight excluding hydrogens is 446 g/mol. The van der Waals surface area contributed by atoms with Crippen molar-refractivity contribution in [3.63, 3.8) is 0 Å². The number of benzene rings is 2. The average Bonchev–Trinajstić information content (AvgIpc) is 3.13. The molecular formula is C27H25N3O5. The van der Waals surface area contributed by atoms with E-state index in [1.807, 2.05) is 6.92 Å². The molecule has 1 unspecified atom stereocenters. The van der Waals surface area contributed by atoms with Crippen LogP contribution in [0, 0.1) is 0 Å². The molecule has 0 spiro atoms. The number of aliphatic hydroxyl groups is 1. The molecule has 2 aromatic carbocycles. The Hall–Kier alpha value is -4.46. The Morgan fingerprint density at radius 2 is 1.86 bits per heavy atom. The predicted molar refractivity (Wildman–Crippen MR) is 132 cm³/mol. The van der Waals surface area contributed by atoms with Crippen LogP contribution in [0.3, 0.4) is 0 Å². The minimum Gasteiger partial charge on any atom is -0.507 e. The van der Waals surface area contributed by atoms with E-state index in [2.05, 4.69) is 10.3 Å². The maximum atomic E-state index is 13.2. The molecule has 4 rings (SSSR count). The van der Waals surface area contributed by atoms with Gasteiger partial charge in [0.15, 0.2) is 0 Å². The molecule has 2 heterocycles. The van der Waals surface area contributed by atoms with Gasteiger partial charge in [0.1, 0.15) is 17.6 Å². The highest BCUT2D eigenvalue weighted by atomic mass is 16.5. The van der Waals surface area contributed by atoms with Crippen molar-refractivity contribution in [1.82, 2.24) is 4.98 Å². The monoisotopic (exact) mass is 471 g/mol. The second-order valence-electron chi connectivity index (χ2n) is 8.03. The van der Waals surface area contributed by atoms with Crippen molar-refractivity contribution in [1.29, 1.82) is 0 Å². The SMILES string of the molecule is CCCOc1ccc(/C(O)=C2\C(=O)C(=O)N(c3cccc(NC(C)=O)c3)C2c2ccccn2)cc1. The zero-order valence-electron chi connectivity index (χ0n) is 19.4. The van der Waals surface area contributed by atoms with Crippen LogP contribution in [0.5, 0.6) is 5.75 Å². The molecule has 0 radical (unpaired) electrons. The van der Waals surface area contributed by atoms with Crippen LogP contribution in [0.15, 0.2) is 78.5 Å². The van der Waals surface area contributed by atoms with Gasteiger partial charge in [0.25, 0.3) is 11.7 Å². The zero-order chi connectivity index (χ0) is 24.9. The average molecular weight is 472 g/mol. The van der Waals surface area contributed by atoms with Gasteiger partial charge in [0.2, 0.25) is 5.91 Å². The van der Waals surface area contributed by atoms with Crippen LogP contribution < -0.4 is 15.0 Å². The number of rotatable bonds is 7. The number of aromatic nitrogens is 1. The summed E-state index contributed by atoms with van der Waals surface area (Å²) in [5.74, 6) is -1.56. The second kappa shape index (κ2) is 10.2. The summed E-state index contributed by atoms with van der Waals surface area (Å²) in [4.78, 5) is 43.6. The molecule has 1 aliphatic heterocycles. The van der Waals surface area contributed by atoms with Crippen molar-refractivity contribution in [3.8, 4) is 5.75 Å². The Bertz CT molecular complexity index is 1290. The summed E-state index contributed by atoms with van der Waals surface area (Å²) in [5, 5.41) is 13.9. The van der Waals surface area contributed by atoms with Gasteiger partial charge in [-0.15, -0.1) is 0 Å². The van der Waals surface area contributed by atoms with Gasteiger partial charge >= 0.3 is 0 Å². The number of Topliss-reactive ketones (excluding diaryl/α,β-unsaturated/α-hetero) is 1. The Labute approximate surface area is 202 Å². The van der Waals surface area contributed by atoms with Gasteiger partial charge in [-0.3, -0.25) is 24.3 Å². The molecule has 8 nitrogen and oxygen atoms in total. The van der Waals surface area contributed by atoms with Crippen molar-refractivity contribution in [2.75, 3.05) is 16.8 Å². The summed E-state index contributed by atoms with van der Waals surface area (Å²) in [7, 11) is 0. The predicted octanol–water partition coefficient (Wildman–Crippen LogP) is 4.46. The molecule has 0 saturated carbocycles.